The molecule has 0 aliphatic heterocycles. The Labute approximate surface area is 157 Å². The van der Waals surface area contributed by atoms with Gasteiger partial charge in [0.15, 0.2) is 0 Å². The molecule has 0 aliphatic carbocycles. The van der Waals surface area contributed by atoms with E-state index in [1.807, 2.05) is 13.0 Å². The van der Waals surface area contributed by atoms with Gasteiger partial charge >= 0.3 is 0 Å². The molecule has 2 N–H and O–H groups in total. The standard InChI is InChI=1S/C19H20Cl2N2O2/c1-2-11-22-19(25)14-5-3-4-6-17(14)23-18(24)10-8-13-7-9-15(20)16(21)12-13/h3-7,9,12H,2,8,10-11H2,1H3,(H,22,25)(H,23,24). The minimum absolute atomic E-state index is 0.165. The lowest BCUT2D eigenvalue weighted by Crippen LogP contribution is -2.25. The first kappa shape index (κ1) is 19.3. The van der Waals surface area contributed by atoms with Gasteiger partial charge in [0.05, 0.1) is 21.3 Å². The molecule has 0 saturated heterocycles. The van der Waals surface area contributed by atoms with Crippen molar-refractivity contribution in [3.63, 3.8) is 0 Å². The first-order valence-corrected chi connectivity index (χ1v) is 8.88. The molecule has 0 radical (unpaired) electrons. The van der Waals surface area contributed by atoms with Gasteiger partial charge in [-0.2, -0.15) is 0 Å². The number of hydrogen-bond donors (Lipinski definition) is 2. The van der Waals surface area contributed by atoms with Crippen molar-refractivity contribution in [1.82, 2.24) is 5.32 Å². The Morgan fingerprint density at radius 3 is 2.52 bits per heavy atom. The number of carbonyl (C=O) groups excluding carboxylic acids is 2. The van der Waals surface area contributed by atoms with Crippen LogP contribution in [0.2, 0.25) is 10.0 Å². The smallest absolute Gasteiger partial charge is 0.253 e. The van der Waals surface area contributed by atoms with Crippen LogP contribution in [0, 0.1) is 0 Å². The third kappa shape index (κ3) is 5.76. The zero-order valence-corrected chi connectivity index (χ0v) is 15.5. The quantitative estimate of drug-likeness (QED) is 0.732. The number of benzene rings is 2. The van der Waals surface area contributed by atoms with E-state index < -0.39 is 0 Å². The fraction of sp³-hybridized carbons (Fsp3) is 0.263. The second-order valence-electron chi connectivity index (χ2n) is 5.60. The highest BCUT2D eigenvalue weighted by Crippen LogP contribution is 2.23. The number of carbonyl (C=O) groups is 2. The largest absolute Gasteiger partial charge is 0.352 e. The zero-order chi connectivity index (χ0) is 18.2. The van der Waals surface area contributed by atoms with E-state index in [0.717, 1.165) is 12.0 Å². The van der Waals surface area contributed by atoms with Gasteiger partial charge in [0.2, 0.25) is 5.91 Å². The molecule has 0 aromatic heterocycles. The maximum Gasteiger partial charge on any atom is 0.253 e. The summed E-state index contributed by atoms with van der Waals surface area (Å²) in [5.41, 5.74) is 1.90. The lowest BCUT2D eigenvalue weighted by Gasteiger charge is -2.11. The summed E-state index contributed by atoms with van der Waals surface area (Å²) in [6.45, 7) is 2.58. The SMILES string of the molecule is CCCNC(=O)c1ccccc1NC(=O)CCc1ccc(Cl)c(Cl)c1. The topological polar surface area (TPSA) is 58.2 Å². The van der Waals surface area contributed by atoms with Crippen molar-refractivity contribution in [1.29, 1.82) is 0 Å². The van der Waals surface area contributed by atoms with Gasteiger partial charge in [-0.05, 0) is 42.7 Å². The first-order chi connectivity index (χ1) is 12.0. The van der Waals surface area contributed by atoms with Crippen molar-refractivity contribution in [2.24, 2.45) is 0 Å². The number of nitrogens with one attached hydrogen (secondary N) is 2. The highest BCUT2D eigenvalue weighted by atomic mass is 35.5. The summed E-state index contributed by atoms with van der Waals surface area (Å²) in [6.07, 6.45) is 1.67. The first-order valence-electron chi connectivity index (χ1n) is 8.12. The Balaban J connectivity index is 1.98. The van der Waals surface area contributed by atoms with Crippen molar-refractivity contribution in [2.45, 2.75) is 26.2 Å². The minimum atomic E-state index is -0.192. The highest BCUT2D eigenvalue weighted by Gasteiger charge is 2.12. The number of rotatable bonds is 7. The van der Waals surface area contributed by atoms with Crippen molar-refractivity contribution in [3.8, 4) is 0 Å². The molecule has 2 amide bonds. The molecule has 25 heavy (non-hydrogen) atoms. The molecule has 0 fully saturated rings. The van der Waals surface area contributed by atoms with E-state index in [0.29, 0.717) is 34.3 Å². The van der Waals surface area contributed by atoms with E-state index in [-0.39, 0.29) is 18.2 Å². The summed E-state index contributed by atoms with van der Waals surface area (Å²) >= 11 is 11.9. The van der Waals surface area contributed by atoms with Crippen LogP contribution in [-0.2, 0) is 11.2 Å². The van der Waals surface area contributed by atoms with Crippen LogP contribution in [0.15, 0.2) is 42.5 Å². The fourth-order valence-corrected chi connectivity index (χ4v) is 2.61. The molecule has 132 valence electrons. The second-order valence-corrected chi connectivity index (χ2v) is 6.41. The summed E-state index contributed by atoms with van der Waals surface area (Å²) < 4.78 is 0. The Hall–Kier alpha value is -2.04. The second kappa shape index (κ2) is 9.44. The maximum atomic E-state index is 12.2. The number of hydrogen-bond acceptors (Lipinski definition) is 2. The molecular formula is C19H20Cl2N2O2. The molecule has 2 aromatic carbocycles. The third-order valence-electron chi connectivity index (χ3n) is 3.61. The van der Waals surface area contributed by atoms with E-state index in [2.05, 4.69) is 10.6 Å². The number of para-hydroxylation sites is 1. The number of anilines is 1. The summed E-state index contributed by atoms with van der Waals surface area (Å²) in [6, 6.07) is 12.3. The Morgan fingerprint density at radius 2 is 1.80 bits per heavy atom. The van der Waals surface area contributed by atoms with E-state index >= 15 is 0 Å². The van der Waals surface area contributed by atoms with E-state index in [9.17, 15) is 9.59 Å². The lowest BCUT2D eigenvalue weighted by molar-refractivity contribution is -0.116. The van der Waals surface area contributed by atoms with Crippen molar-refractivity contribution in [2.75, 3.05) is 11.9 Å². The number of aryl methyl sites for hydroxylation is 1. The van der Waals surface area contributed by atoms with Crippen LogP contribution in [0.25, 0.3) is 0 Å². The molecule has 0 spiro atoms. The van der Waals surface area contributed by atoms with Crippen LogP contribution in [0.3, 0.4) is 0 Å². The van der Waals surface area contributed by atoms with Crippen LogP contribution in [0.5, 0.6) is 0 Å². The third-order valence-corrected chi connectivity index (χ3v) is 4.35. The van der Waals surface area contributed by atoms with Crippen molar-refractivity contribution < 1.29 is 9.59 Å². The number of halogens is 2. The van der Waals surface area contributed by atoms with Gasteiger partial charge in [-0.3, -0.25) is 9.59 Å². The van der Waals surface area contributed by atoms with Gasteiger partial charge < -0.3 is 10.6 Å². The molecule has 2 aromatic rings. The Bertz CT molecular complexity index is 763. The molecule has 0 unspecified atom stereocenters. The predicted molar refractivity (Wildman–Crippen MR) is 102 cm³/mol. The molecule has 6 heteroatoms. The van der Waals surface area contributed by atoms with Crippen LogP contribution in [-0.4, -0.2) is 18.4 Å². The van der Waals surface area contributed by atoms with Gasteiger partial charge in [-0.25, -0.2) is 0 Å². The monoisotopic (exact) mass is 378 g/mol. The highest BCUT2D eigenvalue weighted by molar-refractivity contribution is 6.42. The normalized spacial score (nSPS) is 10.4. The molecule has 0 heterocycles. The minimum Gasteiger partial charge on any atom is -0.352 e. The Kier molecular flexibility index (Phi) is 7.29. The van der Waals surface area contributed by atoms with Crippen molar-refractivity contribution >= 4 is 40.7 Å². The zero-order valence-electron chi connectivity index (χ0n) is 13.9. The molecule has 0 atom stereocenters. The van der Waals surface area contributed by atoms with E-state index in [4.69, 9.17) is 23.2 Å². The molecule has 0 saturated carbocycles. The Morgan fingerprint density at radius 1 is 1.04 bits per heavy atom. The summed E-state index contributed by atoms with van der Waals surface area (Å²) in [4.78, 5) is 24.4. The average molecular weight is 379 g/mol. The van der Waals surface area contributed by atoms with Gasteiger partial charge in [0, 0.05) is 13.0 Å². The van der Waals surface area contributed by atoms with Crippen LogP contribution in [0.4, 0.5) is 5.69 Å². The van der Waals surface area contributed by atoms with Crippen LogP contribution < -0.4 is 10.6 Å². The predicted octanol–water partition coefficient (Wildman–Crippen LogP) is 4.70. The molecule has 0 bridgehead atoms. The van der Waals surface area contributed by atoms with Crippen molar-refractivity contribution in [3.05, 3.63) is 63.6 Å². The number of amides is 2. The van der Waals surface area contributed by atoms with Gasteiger partial charge in [-0.1, -0.05) is 48.3 Å². The van der Waals surface area contributed by atoms with Crippen LogP contribution in [0.1, 0.15) is 35.7 Å². The van der Waals surface area contributed by atoms with E-state index in [1.54, 1.807) is 36.4 Å². The van der Waals surface area contributed by atoms with Gasteiger partial charge in [-0.15, -0.1) is 0 Å². The fourth-order valence-electron chi connectivity index (χ4n) is 2.29. The summed E-state index contributed by atoms with van der Waals surface area (Å²) in [5, 5.41) is 6.58. The van der Waals surface area contributed by atoms with Crippen LogP contribution >= 0.6 is 23.2 Å². The van der Waals surface area contributed by atoms with Gasteiger partial charge in [0.1, 0.15) is 0 Å². The van der Waals surface area contributed by atoms with Gasteiger partial charge in [0.25, 0.3) is 5.91 Å². The molecule has 2 rings (SSSR count). The average Bonchev–Trinajstić information content (AvgIpc) is 2.61. The summed E-state index contributed by atoms with van der Waals surface area (Å²) in [7, 11) is 0. The molecule has 4 nitrogen and oxygen atoms in total. The lowest BCUT2D eigenvalue weighted by atomic mass is 10.1. The molecular weight excluding hydrogens is 359 g/mol. The molecule has 0 aliphatic rings. The maximum absolute atomic E-state index is 12.2. The van der Waals surface area contributed by atoms with E-state index in [1.165, 1.54) is 0 Å². The summed E-state index contributed by atoms with van der Waals surface area (Å²) in [5.74, 6) is -0.357.